The van der Waals surface area contributed by atoms with Gasteiger partial charge in [0.25, 0.3) is 5.91 Å². The summed E-state index contributed by atoms with van der Waals surface area (Å²) >= 11 is 0. The Bertz CT molecular complexity index is 864. The van der Waals surface area contributed by atoms with Crippen molar-refractivity contribution < 1.29 is 28.5 Å². The summed E-state index contributed by atoms with van der Waals surface area (Å²) < 4.78 is 20.9. The first-order chi connectivity index (χ1) is 13.0. The second-order valence-corrected chi connectivity index (χ2v) is 6.18. The van der Waals surface area contributed by atoms with Crippen molar-refractivity contribution in [3.05, 3.63) is 53.1 Å². The number of hydrogen-bond acceptors (Lipinski definition) is 6. The summed E-state index contributed by atoms with van der Waals surface area (Å²) in [5, 5.41) is 2.79. The first-order valence-corrected chi connectivity index (χ1v) is 8.48. The largest absolute Gasteiger partial charge is 0.496 e. The van der Waals surface area contributed by atoms with E-state index in [4.69, 9.17) is 18.9 Å². The molecule has 7 heteroatoms. The molecule has 0 radical (unpaired) electrons. The lowest BCUT2D eigenvalue weighted by molar-refractivity contribution is -0.124. The first kappa shape index (κ1) is 18.6. The van der Waals surface area contributed by atoms with Crippen LogP contribution in [-0.4, -0.2) is 32.4 Å². The Balaban J connectivity index is 1.56. The highest BCUT2D eigenvalue weighted by Crippen LogP contribution is 2.34. The Kier molecular flexibility index (Phi) is 5.49. The molecule has 0 unspecified atom stereocenters. The molecule has 0 bridgehead atoms. The average molecular weight is 371 g/mol. The summed E-state index contributed by atoms with van der Waals surface area (Å²) in [6.07, 6.45) is 0. The van der Waals surface area contributed by atoms with Crippen LogP contribution >= 0.6 is 0 Å². The fraction of sp³-hybridized carbons (Fsp3) is 0.300. The number of esters is 1. The molecule has 0 aliphatic carbocycles. The van der Waals surface area contributed by atoms with Crippen LogP contribution in [0, 0.1) is 6.92 Å². The number of rotatable bonds is 6. The molecule has 27 heavy (non-hydrogen) atoms. The maximum absolute atomic E-state index is 12.3. The Morgan fingerprint density at radius 1 is 1.15 bits per heavy atom. The Morgan fingerprint density at radius 3 is 2.70 bits per heavy atom. The van der Waals surface area contributed by atoms with E-state index in [2.05, 4.69) is 5.32 Å². The molecule has 142 valence electrons. The van der Waals surface area contributed by atoms with E-state index in [1.54, 1.807) is 18.2 Å². The number of ether oxygens (including phenoxy) is 4. The van der Waals surface area contributed by atoms with Gasteiger partial charge >= 0.3 is 5.97 Å². The minimum atomic E-state index is -0.610. The zero-order valence-electron chi connectivity index (χ0n) is 15.4. The fourth-order valence-corrected chi connectivity index (χ4v) is 2.74. The van der Waals surface area contributed by atoms with Gasteiger partial charge in [-0.2, -0.15) is 0 Å². The molecule has 1 aliphatic heterocycles. The van der Waals surface area contributed by atoms with E-state index < -0.39 is 11.9 Å². The van der Waals surface area contributed by atoms with Crippen molar-refractivity contribution in [2.45, 2.75) is 19.9 Å². The lowest BCUT2D eigenvalue weighted by atomic mass is 10.1. The highest BCUT2D eigenvalue weighted by Gasteiger charge is 2.19. The van der Waals surface area contributed by atoms with Crippen LogP contribution < -0.4 is 19.5 Å². The van der Waals surface area contributed by atoms with Gasteiger partial charge in [-0.25, -0.2) is 4.79 Å². The van der Waals surface area contributed by atoms with Crippen molar-refractivity contribution >= 4 is 11.9 Å². The highest BCUT2D eigenvalue weighted by atomic mass is 16.7. The molecule has 7 nitrogen and oxygen atoms in total. The number of benzene rings is 2. The smallest absolute Gasteiger partial charge is 0.342 e. The number of nitrogens with one attached hydrogen (secondary N) is 1. The van der Waals surface area contributed by atoms with Gasteiger partial charge in [0.05, 0.1) is 13.2 Å². The van der Waals surface area contributed by atoms with Crippen LogP contribution in [0.25, 0.3) is 0 Å². The van der Waals surface area contributed by atoms with Gasteiger partial charge in [-0.15, -0.1) is 0 Å². The number of hydrogen-bond donors (Lipinski definition) is 1. The van der Waals surface area contributed by atoms with E-state index in [0.717, 1.165) is 11.1 Å². The second kappa shape index (κ2) is 7.99. The summed E-state index contributed by atoms with van der Waals surface area (Å²) in [6, 6.07) is 10.4. The molecule has 0 saturated carbocycles. The van der Waals surface area contributed by atoms with Crippen LogP contribution in [0.4, 0.5) is 0 Å². The van der Waals surface area contributed by atoms with Gasteiger partial charge in [0.1, 0.15) is 11.3 Å². The molecule has 1 N–H and O–H groups in total. The van der Waals surface area contributed by atoms with E-state index in [1.165, 1.54) is 7.11 Å². The minimum Gasteiger partial charge on any atom is -0.496 e. The summed E-state index contributed by atoms with van der Waals surface area (Å²) in [6.45, 7) is 3.50. The number of carbonyl (C=O) groups is 2. The zero-order valence-corrected chi connectivity index (χ0v) is 15.4. The van der Waals surface area contributed by atoms with Crippen molar-refractivity contribution in [2.24, 2.45) is 0 Å². The summed E-state index contributed by atoms with van der Waals surface area (Å²) in [5.74, 6) is 0.714. The van der Waals surface area contributed by atoms with Crippen LogP contribution in [0.5, 0.6) is 17.2 Å². The fourth-order valence-electron chi connectivity index (χ4n) is 2.74. The maximum Gasteiger partial charge on any atom is 0.342 e. The highest BCUT2D eigenvalue weighted by molar-refractivity contribution is 5.94. The number of methoxy groups -OCH3 is 1. The Hall–Kier alpha value is -3.22. The van der Waals surface area contributed by atoms with Crippen LogP contribution in [0.2, 0.25) is 0 Å². The predicted octanol–water partition coefficient (Wildman–Crippen LogP) is 2.77. The molecule has 2 aromatic rings. The van der Waals surface area contributed by atoms with E-state index in [9.17, 15) is 9.59 Å². The number of fused-ring (bicyclic) bond motifs is 1. The first-order valence-electron chi connectivity index (χ1n) is 8.48. The van der Waals surface area contributed by atoms with E-state index >= 15 is 0 Å². The molecule has 1 aliphatic rings. The van der Waals surface area contributed by atoms with Gasteiger partial charge in [-0.05, 0) is 43.7 Å². The number of aryl methyl sites for hydroxylation is 1. The van der Waals surface area contributed by atoms with Gasteiger partial charge in [-0.1, -0.05) is 17.7 Å². The Labute approximate surface area is 157 Å². The normalized spacial score (nSPS) is 13.0. The summed E-state index contributed by atoms with van der Waals surface area (Å²) in [4.78, 5) is 24.4. The van der Waals surface area contributed by atoms with Crippen molar-refractivity contribution in [1.82, 2.24) is 5.32 Å². The van der Waals surface area contributed by atoms with Gasteiger partial charge in [-0.3, -0.25) is 4.79 Å². The third kappa shape index (κ3) is 4.31. The topological polar surface area (TPSA) is 83.1 Å². The quantitative estimate of drug-likeness (QED) is 0.786. The summed E-state index contributed by atoms with van der Waals surface area (Å²) in [7, 11) is 1.47. The van der Waals surface area contributed by atoms with Gasteiger partial charge in [0, 0.05) is 0 Å². The molecule has 1 heterocycles. The van der Waals surface area contributed by atoms with Gasteiger partial charge < -0.3 is 24.3 Å². The molecule has 0 fully saturated rings. The van der Waals surface area contributed by atoms with Crippen LogP contribution in [-0.2, 0) is 9.53 Å². The number of carbonyl (C=O) groups excluding carboxylic acids is 2. The predicted molar refractivity (Wildman–Crippen MR) is 97.1 cm³/mol. The molecule has 0 saturated heterocycles. The van der Waals surface area contributed by atoms with E-state index in [0.29, 0.717) is 17.2 Å². The monoisotopic (exact) mass is 371 g/mol. The van der Waals surface area contributed by atoms with Crippen LogP contribution in [0.1, 0.15) is 34.5 Å². The van der Waals surface area contributed by atoms with E-state index in [1.807, 2.05) is 32.0 Å². The molecule has 1 amide bonds. The number of amides is 1. The molecule has 0 aromatic heterocycles. The van der Waals surface area contributed by atoms with Crippen molar-refractivity contribution in [1.29, 1.82) is 0 Å². The third-order valence-electron chi connectivity index (χ3n) is 4.18. The zero-order chi connectivity index (χ0) is 19.4. The van der Waals surface area contributed by atoms with Gasteiger partial charge in [0.2, 0.25) is 6.79 Å². The minimum absolute atomic E-state index is 0.192. The third-order valence-corrected chi connectivity index (χ3v) is 4.18. The molecule has 0 spiro atoms. The molecule has 2 aromatic carbocycles. The lowest BCUT2D eigenvalue weighted by Gasteiger charge is -2.15. The Morgan fingerprint density at radius 2 is 1.93 bits per heavy atom. The molecule has 1 atom stereocenters. The van der Waals surface area contributed by atoms with Crippen molar-refractivity contribution in [3.8, 4) is 17.2 Å². The van der Waals surface area contributed by atoms with Crippen LogP contribution in [0.15, 0.2) is 36.4 Å². The van der Waals surface area contributed by atoms with Gasteiger partial charge in [0.15, 0.2) is 18.1 Å². The average Bonchev–Trinajstić information content (AvgIpc) is 3.13. The molecular formula is C20H21NO6. The van der Waals surface area contributed by atoms with Crippen molar-refractivity contribution in [3.63, 3.8) is 0 Å². The summed E-state index contributed by atoms with van der Waals surface area (Å²) in [5.41, 5.74) is 2.04. The maximum atomic E-state index is 12.3. The van der Waals surface area contributed by atoms with Crippen LogP contribution in [0.3, 0.4) is 0 Å². The molecule has 3 rings (SSSR count). The second-order valence-electron chi connectivity index (χ2n) is 6.18. The SMILES string of the molecule is COc1ccc(C)cc1C(=O)OCC(=O)N[C@@H](C)c1ccc2c(c1)OCO2. The van der Waals surface area contributed by atoms with Crippen molar-refractivity contribution in [2.75, 3.05) is 20.5 Å². The molecular weight excluding hydrogens is 350 g/mol. The van der Waals surface area contributed by atoms with E-state index in [-0.39, 0.29) is 25.0 Å². The standard InChI is InChI=1S/C20H21NO6/c1-12-4-6-16(24-3)15(8-12)20(23)25-10-19(22)21-13(2)14-5-7-17-18(9-14)27-11-26-17/h4-9,13H,10-11H2,1-3H3,(H,21,22)/t13-/m0/s1. The lowest BCUT2D eigenvalue weighted by Crippen LogP contribution is -2.31.